The third kappa shape index (κ3) is 3.56. The molecule has 3 rings (SSSR count). The number of aliphatic hydroxyl groups excluding tert-OH is 1. The lowest BCUT2D eigenvalue weighted by molar-refractivity contribution is 0.102. The third-order valence-electron chi connectivity index (χ3n) is 3.81. The van der Waals surface area contributed by atoms with E-state index < -0.39 is 12.0 Å². The summed E-state index contributed by atoms with van der Waals surface area (Å²) in [7, 11) is 0. The average Bonchev–Trinajstić information content (AvgIpc) is 2.97. The zero-order valence-corrected chi connectivity index (χ0v) is 13.8. The van der Waals surface area contributed by atoms with Crippen molar-refractivity contribution in [2.75, 3.05) is 5.32 Å². The van der Waals surface area contributed by atoms with Crippen LogP contribution in [0.25, 0.3) is 5.69 Å². The Kier molecular flexibility index (Phi) is 4.58. The summed E-state index contributed by atoms with van der Waals surface area (Å²) in [4.78, 5) is 12.5. The van der Waals surface area contributed by atoms with Crippen LogP contribution in [0.3, 0.4) is 0 Å². The van der Waals surface area contributed by atoms with Gasteiger partial charge < -0.3 is 10.4 Å². The second-order valence-electron chi connectivity index (χ2n) is 5.67. The quantitative estimate of drug-likeness (QED) is 0.765. The van der Waals surface area contributed by atoms with Crippen molar-refractivity contribution in [3.63, 3.8) is 0 Å². The highest BCUT2D eigenvalue weighted by Crippen LogP contribution is 2.19. The van der Waals surface area contributed by atoms with Crippen LogP contribution < -0.4 is 5.32 Å². The SMILES string of the molecule is Cc1c(C(=O)Nc2cccc(C(C)O)c2)nnn1-c1ccc(F)cc1. The maximum absolute atomic E-state index is 13.0. The van der Waals surface area contributed by atoms with Crippen molar-refractivity contribution in [3.05, 3.63) is 71.3 Å². The summed E-state index contributed by atoms with van der Waals surface area (Å²) in [6, 6.07) is 12.7. The van der Waals surface area contributed by atoms with Crippen LogP contribution >= 0.6 is 0 Å². The molecule has 1 unspecified atom stereocenters. The van der Waals surface area contributed by atoms with Gasteiger partial charge in [0.05, 0.1) is 17.5 Å². The maximum atomic E-state index is 13.0. The number of anilines is 1. The van der Waals surface area contributed by atoms with Crippen molar-refractivity contribution in [2.24, 2.45) is 0 Å². The Bertz CT molecular complexity index is 904. The summed E-state index contributed by atoms with van der Waals surface area (Å²) in [6.45, 7) is 3.36. The molecule has 1 amide bonds. The van der Waals surface area contributed by atoms with E-state index in [4.69, 9.17) is 0 Å². The lowest BCUT2D eigenvalue weighted by Gasteiger charge is -2.08. The highest BCUT2D eigenvalue weighted by molar-refractivity contribution is 6.03. The normalized spacial score (nSPS) is 12.0. The lowest BCUT2D eigenvalue weighted by Crippen LogP contribution is -2.14. The Morgan fingerprint density at radius 1 is 1.24 bits per heavy atom. The molecule has 0 spiro atoms. The first-order chi connectivity index (χ1) is 12.0. The van der Waals surface area contributed by atoms with Crippen molar-refractivity contribution in [1.29, 1.82) is 0 Å². The van der Waals surface area contributed by atoms with Crippen molar-refractivity contribution < 1.29 is 14.3 Å². The van der Waals surface area contributed by atoms with Crippen LogP contribution in [0.1, 0.15) is 34.8 Å². The number of carbonyl (C=O) groups excluding carboxylic acids is 1. The Balaban J connectivity index is 1.84. The summed E-state index contributed by atoms with van der Waals surface area (Å²) < 4.78 is 14.5. The van der Waals surface area contributed by atoms with Gasteiger partial charge in [0.1, 0.15) is 5.82 Å². The topological polar surface area (TPSA) is 80.0 Å². The second-order valence-corrected chi connectivity index (χ2v) is 5.67. The van der Waals surface area contributed by atoms with Crippen molar-refractivity contribution in [3.8, 4) is 5.69 Å². The second kappa shape index (κ2) is 6.82. The largest absolute Gasteiger partial charge is 0.389 e. The first kappa shape index (κ1) is 16.8. The number of benzene rings is 2. The molecular weight excluding hydrogens is 323 g/mol. The molecular formula is C18H17FN4O2. The van der Waals surface area contributed by atoms with E-state index in [9.17, 15) is 14.3 Å². The number of aromatic nitrogens is 3. The molecule has 2 N–H and O–H groups in total. The van der Waals surface area contributed by atoms with E-state index in [1.54, 1.807) is 50.2 Å². The van der Waals surface area contributed by atoms with Gasteiger partial charge in [-0.15, -0.1) is 5.10 Å². The van der Waals surface area contributed by atoms with E-state index in [2.05, 4.69) is 15.6 Å². The summed E-state index contributed by atoms with van der Waals surface area (Å²) in [5, 5.41) is 20.3. The fourth-order valence-electron chi connectivity index (χ4n) is 2.43. The highest BCUT2D eigenvalue weighted by atomic mass is 19.1. The first-order valence-electron chi connectivity index (χ1n) is 7.73. The summed E-state index contributed by atoms with van der Waals surface area (Å²) in [6.07, 6.45) is -0.627. The number of hydrogen-bond acceptors (Lipinski definition) is 4. The van der Waals surface area contributed by atoms with Gasteiger partial charge in [-0.3, -0.25) is 4.79 Å². The molecule has 6 nitrogen and oxygen atoms in total. The molecule has 0 radical (unpaired) electrons. The molecule has 25 heavy (non-hydrogen) atoms. The molecule has 0 aliphatic heterocycles. The molecule has 1 heterocycles. The standard InChI is InChI=1S/C18H17FN4O2/c1-11-17(21-22-23(11)16-8-6-14(19)7-9-16)18(25)20-15-5-3-4-13(10-15)12(2)24/h3-10,12,24H,1-2H3,(H,20,25). The average molecular weight is 340 g/mol. The number of rotatable bonds is 4. The van der Waals surface area contributed by atoms with Gasteiger partial charge >= 0.3 is 0 Å². The molecule has 0 fully saturated rings. The number of halogens is 1. The zero-order chi connectivity index (χ0) is 18.0. The summed E-state index contributed by atoms with van der Waals surface area (Å²) in [5.41, 5.74) is 2.58. The fourth-order valence-corrected chi connectivity index (χ4v) is 2.43. The van der Waals surface area contributed by atoms with Crippen molar-refractivity contribution in [2.45, 2.75) is 20.0 Å². The summed E-state index contributed by atoms with van der Waals surface area (Å²) >= 11 is 0. The Hall–Kier alpha value is -3.06. The van der Waals surface area contributed by atoms with Gasteiger partial charge in [0.25, 0.3) is 5.91 Å². The smallest absolute Gasteiger partial charge is 0.278 e. The van der Waals surface area contributed by atoms with Gasteiger partial charge in [-0.25, -0.2) is 9.07 Å². The number of nitrogens with one attached hydrogen (secondary N) is 1. The minimum Gasteiger partial charge on any atom is -0.389 e. The number of aliphatic hydroxyl groups is 1. The Labute approximate surface area is 143 Å². The fraction of sp³-hybridized carbons (Fsp3) is 0.167. The molecule has 0 saturated carbocycles. The molecule has 0 bridgehead atoms. The predicted molar refractivity (Wildman–Crippen MR) is 91.1 cm³/mol. The molecule has 3 aromatic rings. The van der Waals surface area contributed by atoms with Gasteiger partial charge in [0, 0.05) is 5.69 Å². The third-order valence-corrected chi connectivity index (χ3v) is 3.81. The van der Waals surface area contributed by atoms with E-state index >= 15 is 0 Å². The first-order valence-corrected chi connectivity index (χ1v) is 7.73. The Morgan fingerprint density at radius 2 is 1.96 bits per heavy atom. The van der Waals surface area contributed by atoms with Crippen molar-refractivity contribution >= 4 is 11.6 Å². The molecule has 2 aromatic carbocycles. The van der Waals surface area contributed by atoms with E-state index in [-0.39, 0.29) is 11.5 Å². The van der Waals surface area contributed by atoms with Crippen LogP contribution in [0.15, 0.2) is 48.5 Å². The molecule has 0 saturated heterocycles. The summed E-state index contributed by atoms with van der Waals surface area (Å²) in [5.74, 6) is -0.758. The number of nitrogens with zero attached hydrogens (tertiary/aromatic N) is 3. The van der Waals surface area contributed by atoms with Gasteiger partial charge in [-0.1, -0.05) is 17.3 Å². The minimum absolute atomic E-state index is 0.173. The van der Waals surface area contributed by atoms with Crippen LogP contribution in [0, 0.1) is 12.7 Å². The van der Waals surface area contributed by atoms with Crippen LogP contribution in [-0.4, -0.2) is 26.0 Å². The minimum atomic E-state index is -0.627. The molecule has 7 heteroatoms. The van der Waals surface area contributed by atoms with E-state index in [0.29, 0.717) is 22.6 Å². The molecule has 0 aliphatic carbocycles. The van der Waals surface area contributed by atoms with Crippen LogP contribution in [0.2, 0.25) is 0 Å². The predicted octanol–water partition coefficient (Wildman–Crippen LogP) is 3.02. The van der Waals surface area contributed by atoms with E-state index in [1.165, 1.54) is 16.8 Å². The number of amides is 1. The molecule has 1 aromatic heterocycles. The molecule has 1 atom stereocenters. The lowest BCUT2D eigenvalue weighted by atomic mass is 10.1. The van der Waals surface area contributed by atoms with Gasteiger partial charge in [-0.05, 0) is 55.8 Å². The molecule has 0 aliphatic rings. The van der Waals surface area contributed by atoms with E-state index in [1.807, 2.05) is 0 Å². The number of carbonyl (C=O) groups is 1. The zero-order valence-electron chi connectivity index (χ0n) is 13.8. The van der Waals surface area contributed by atoms with Gasteiger partial charge in [0.2, 0.25) is 0 Å². The van der Waals surface area contributed by atoms with Gasteiger partial charge in [0.15, 0.2) is 5.69 Å². The van der Waals surface area contributed by atoms with E-state index in [0.717, 1.165) is 0 Å². The maximum Gasteiger partial charge on any atom is 0.278 e. The monoisotopic (exact) mass is 340 g/mol. The highest BCUT2D eigenvalue weighted by Gasteiger charge is 2.18. The van der Waals surface area contributed by atoms with Crippen LogP contribution in [-0.2, 0) is 0 Å². The number of hydrogen-bond donors (Lipinski definition) is 2. The van der Waals surface area contributed by atoms with Crippen LogP contribution in [0.5, 0.6) is 0 Å². The van der Waals surface area contributed by atoms with Crippen LogP contribution in [0.4, 0.5) is 10.1 Å². The molecule has 128 valence electrons. The van der Waals surface area contributed by atoms with Gasteiger partial charge in [-0.2, -0.15) is 0 Å². The van der Waals surface area contributed by atoms with Crippen molar-refractivity contribution in [1.82, 2.24) is 15.0 Å². The Morgan fingerprint density at radius 3 is 2.64 bits per heavy atom.